The fourth-order valence-corrected chi connectivity index (χ4v) is 3.00. The third-order valence-electron chi connectivity index (χ3n) is 4.43. The molecule has 0 saturated carbocycles. The van der Waals surface area contributed by atoms with Crippen LogP contribution in [0.4, 0.5) is 0 Å². The molecule has 0 unspecified atom stereocenters. The predicted octanol–water partition coefficient (Wildman–Crippen LogP) is 2.91. The van der Waals surface area contributed by atoms with E-state index in [-0.39, 0.29) is 11.3 Å². The molecule has 25 heavy (non-hydrogen) atoms. The monoisotopic (exact) mass is 338 g/mol. The van der Waals surface area contributed by atoms with E-state index >= 15 is 0 Å². The zero-order valence-corrected chi connectivity index (χ0v) is 15.2. The van der Waals surface area contributed by atoms with E-state index < -0.39 is 0 Å². The summed E-state index contributed by atoms with van der Waals surface area (Å²) in [5.41, 5.74) is 3.24. The third-order valence-corrected chi connectivity index (χ3v) is 4.43. The van der Waals surface area contributed by atoms with Crippen molar-refractivity contribution < 1.29 is 4.79 Å². The van der Waals surface area contributed by atoms with Gasteiger partial charge in [-0.3, -0.25) is 9.69 Å². The first-order chi connectivity index (χ1) is 11.9. The van der Waals surface area contributed by atoms with Crippen LogP contribution in [0, 0.1) is 0 Å². The summed E-state index contributed by atoms with van der Waals surface area (Å²) in [5.74, 6) is 0.641. The molecular formula is C20H26N4O. The van der Waals surface area contributed by atoms with E-state index in [2.05, 4.69) is 65.2 Å². The largest absolute Gasteiger partial charge is 0.352 e. The van der Waals surface area contributed by atoms with Gasteiger partial charge in [0, 0.05) is 44.0 Å². The number of nitrogens with zero attached hydrogens (tertiary/aromatic N) is 3. The summed E-state index contributed by atoms with van der Waals surface area (Å²) in [6.45, 7) is 9.82. The first-order valence-electron chi connectivity index (χ1n) is 8.83. The van der Waals surface area contributed by atoms with E-state index in [9.17, 15) is 4.79 Å². The van der Waals surface area contributed by atoms with Crippen LogP contribution in [0.5, 0.6) is 0 Å². The zero-order chi connectivity index (χ0) is 17.9. The number of nitrogens with one attached hydrogen (secondary N) is 1. The number of carbonyl (C=O) groups excluding carboxylic acids is 1. The van der Waals surface area contributed by atoms with Crippen molar-refractivity contribution in [2.75, 3.05) is 13.1 Å². The second kappa shape index (κ2) is 7.31. The molecule has 0 saturated heterocycles. The topological polar surface area (TPSA) is 58.1 Å². The molecule has 1 aliphatic heterocycles. The molecule has 1 aliphatic rings. The van der Waals surface area contributed by atoms with E-state index in [1.54, 1.807) is 12.4 Å². The summed E-state index contributed by atoms with van der Waals surface area (Å²) < 4.78 is 0. The maximum absolute atomic E-state index is 12.2. The van der Waals surface area contributed by atoms with Gasteiger partial charge < -0.3 is 5.32 Å². The van der Waals surface area contributed by atoms with E-state index in [0.29, 0.717) is 12.1 Å². The molecule has 2 aromatic rings. The minimum atomic E-state index is -0.109. The molecule has 0 radical (unpaired) electrons. The molecule has 1 aromatic carbocycles. The number of amides is 1. The Morgan fingerprint density at radius 1 is 1.12 bits per heavy atom. The molecule has 0 aliphatic carbocycles. The van der Waals surface area contributed by atoms with Crippen molar-refractivity contribution in [3.63, 3.8) is 0 Å². The first-order valence-corrected chi connectivity index (χ1v) is 8.83. The highest BCUT2D eigenvalue weighted by Crippen LogP contribution is 2.21. The van der Waals surface area contributed by atoms with Crippen molar-refractivity contribution >= 4 is 5.91 Å². The quantitative estimate of drug-likeness (QED) is 0.852. The smallest absolute Gasteiger partial charge is 0.254 e. The maximum atomic E-state index is 12.2. The van der Waals surface area contributed by atoms with Gasteiger partial charge >= 0.3 is 0 Å². The summed E-state index contributed by atoms with van der Waals surface area (Å²) in [6, 6.07) is 8.57. The molecule has 5 nitrogen and oxygen atoms in total. The van der Waals surface area contributed by atoms with Gasteiger partial charge in [-0.25, -0.2) is 9.97 Å². The van der Waals surface area contributed by atoms with Gasteiger partial charge in [0.05, 0.1) is 5.56 Å². The lowest BCUT2D eigenvalue weighted by Gasteiger charge is -2.16. The lowest BCUT2D eigenvalue weighted by atomic mass is 9.96. The molecule has 1 N–H and O–H groups in total. The second-order valence-electron chi connectivity index (χ2n) is 7.63. The van der Waals surface area contributed by atoms with Crippen LogP contribution < -0.4 is 5.32 Å². The number of hydrogen-bond donors (Lipinski definition) is 1. The molecule has 0 fully saturated rings. The Balaban J connectivity index is 1.41. The molecule has 1 aromatic heterocycles. The highest BCUT2D eigenvalue weighted by molar-refractivity contribution is 5.93. The molecule has 1 amide bonds. The molecular weight excluding hydrogens is 312 g/mol. The fraction of sp³-hybridized carbons (Fsp3) is 0.450. The van der Waals surface area contributed by atoms with Crippen LogP contribution in [0.25, 0.3) is 0 Å². The highest BCUT2D eigenvalue weighted by atomic mass is 16.1. The Bertz CT molecular complexity index is 709. The van der Waals surface area contributed by atoms with Gasteiger partial charge in [0.15, 0.2) is 0 Å². The first kappa shape index (κ1) is 17.5. The van der Waals surface area contributed by atoms with Gasteiger partial charge in [-0.15, -0.1) is 0 Å². The van der Waals surface area contributed by atoms with Crippen molar-refractivity contribution in [1.29, 1.82) is 0 Å². The van der Waals surface area contributed by atoms with Crippen LogP contribution in [0.2, 0.25) is 0 Å². The van der Waals surface area contributed by atoms with Crippen molar-refractivity contribution in [2.45, 2.75) is 45.7 Å². The van der Waals surface area contributed by atoms with Crippen LogP contribution in [-0.2, 0) is 18.5 Å². The fourth-order valence-electron chi connectivity index (χ4n) is 3.00. The van der Waals surface area contributed by atoms with E-state index in [1.807, 2.05) is 0 Å². The Labute approximate surface area is 149 Å². The molecule has 0 spiro atoms. The summed E-state index contributed by atoms with van der Waals surface area (Å²) >= 11 is 0. The highest BCUT2D eigenvalue weighted by Gasteiger charge is 2.19. The molecule has 2 heterocycles. The lowest BCUT2D eigenvalue weighted by Crippen LogP contribution is -2.28. The summed E-state index contributed by atoms with van der Waals surface area (Å²) in [7, 11) is 0. The number of benzene rings is 1. The summed E-state index contributed by atoms with van der Waals surface area (Å²) in [5, 5.41) is 2.96. The number of hydrogen-bond acceptors (Lipinski definition) is 4. The van der Waals surface area contributed by atoms with Crippen molar-refractivity contribution in [3.05, 3.63) is 59.2 Å². The van der Waals surface area contributed by atoms with Gasteiger partial charge in [-0.1, -0.05) is 45.0 Å². The lowest BCUT2D eigenvalue weighted by molar-refractivity contribution is 0.0950. The number of fused-ring (bicyclic) bond motifs is 1. The molecule has 132 valence electrons. The van der Waals surface area contributed by atoms with Crippen LogP contribution in [0.1, 0.15) is 54.5 Å². The van der Waals surface area contributed by atoms with Crippen LogP contribution in [0.3, 0.4) is 0 Å². The Morgan fingerprint density at radius 3 is 2.28 bits per heavy atom. The van der Waals surface area contributed by atoms with Gasteiger partial charge in [0.1, 0.15) is 5.82 Å². The van der Waals surface area contributed by atoms with Crippen LogP contribution in [0.15, 0.2) is 36.7 Å². The molecule has 5 heteroatoms. The maximum Gasteiger partial charge on any atom is 0.254 e. The number of aromatic nitrogens is 2. The van der Waals surface area contributed by atoms with Crippen molar-refractivity contribution in [1.82, 2.24) is 20.2 Å². The molecule has 0 bridgehead atoms. The minimum Gasteiger partial charge on any atom is -0.352 e. The average Bonchev–Trinajstić information content (AvgIpc) is 3.00. The van der Waals surface area contributed by atoms with E-state index in [1.165, 1.54) is 11.1 Å². The average molecular weight is 338 g/mol. The van der Waals surface area contributed by atoms with Crippen LogP contribution in [-0.4, -0.2) is 33.9 Å². The van der Waals surface area contributed by atoms with E-state index in [4.69, 9.17) is 0 Å². The van der Waals surface area contributed by atoms with Crippen LogP contribution >= 0.6 is 0 Å². The molecule has 3 rings (SSSR count). The van der Waals surface area contributed by atoms with Gasteiger partial charge in [0.25, 0.3) is 5.91 Å². The second-order valence-corrected chi connectivity index (χ2v) is 7.63. The summed E-state index contributed by atoms with van der Waals surface area (Å²) in [6.07, 6.45) is 4.15. The number of rotatable bonds is 5. The van der Waals surface area contributed by atoms with Gasteiger partial charge in [0.2, 0.25) is 0 Å². The van der Waals surface area contributed by atoms with Gasteiger partial charge in [-0.05, 0) is 17.5 Å². The Kier molecular flexibility index (Phi) is 5.13. The van der Waals surface area contributed by atoms with Gasteiger partial charge in [-0.2, -0.15) is 0 Å². The normalized spacial score (nSPS) is 14.4. The third kappa shape index (κ3) is 4.42. The van der Waals surface area contributed by atoms with Crippen molar-refractivity contribution in [3.8, 4) is 0 Å². The Hall–Kier alpha value is -2.27. The van der Waals surface area contributed by atoms with E-state index in [0.717, 1.165) is 31.9 Å². The minimum absolute atomic E-state index is 0.106. The Morgan fingerprint density at radius 2 is 1.72 bits per heavy atom. The number of carbonyl (C=O) groups is 1. The SMILES string of the molecule is CC(C)(C)c1ncc(C(=O)NCCCN2Cc3ccccc3C2)cn1. The predicted molar refractivity (Wildman–Crippen MR) is 98.2 cm³/mol. The zero-order valence-electron chi connectivity index (χ0n) is 15.2. The standard InChI is InChI=1S/C20H26N4O/c1-20(2,3)19-22-11-17(12-23-19)18(25)21-9-6-10-24-13-15-7-4-5-8-16(15)14-24/h4-5,7-8,11-12H,6,9-10,13-14H2,1-3H3,(H,21,25). The molecule has 0 atom stereocenters. The van der Waals surface area contributed by atoms with Crippen molar-refractivity contribution in [2.24, 2.45) is 0 Å². The summed E-state index contributed by atoms with van der Waals surface area (Å²) in [4.78, 5) is 23.2.